The number of benzene rings is 1. The summed E-state index contributed by atoms with van der Waals surface area (Å²) in [5.41, 5.74) is 2.22. The lowest BCUT2D eigenvalue weighted by atomic mass is 9.79. The highest BCUT2D eigenvalue weighted by atomic mass is 35.5. The fraction of sp³-hybridized carbons (Fsp3) is 0.500. The van der Waals surface area contributed by atoms with E-state index in [1.54, 1.807) is 11.3 Å². The van der Waals surface area contributed by atoms with Gasteiger partial charge in [0.2, 0.25) is 5.13 Å². The molecule has 1 saturated heterocycles. The molecule has 3 aliphatic rings. The summed E-state index contributed by atoms with van der Waals surface area (Å²) in [6.07, 6.45) is 4.22. The van der Waals surface area contributed by atoms with Crippen LogP contribution in [0.1, 0.15) is 40.5 Å². The van der Waals surface area contributed by atoms with E-state index in [-0.39, 0.29) is 11.1 Å². The summed E-state index contributed by atoms with van der Waals surface area (Å²) in [7, 11) is 2.13. The van der Waals surface area contributed by atoms with Gasteiger partial charge in [0.25, 0.3) is 0 Å². The first-order valence-electron chi connectivity index (χ1n) is 9.60. The summed E-state index contributed by atoms with van der Waals surface area (Å²) in [5, 5.41) is 15.2. The molecule has 3 aliphatic heterocycles. The van der Waals surface area contributed by atoms with E-state index in [0.717, 1.165) is 34.2 Å². The summed E-state index contributed by atoms with van der Waals surface area (Å²) in [5.74, 6) is 1.25. The average molecular weight is 417 g/mol. The molecular formula is C20H25ClN6S. The van der Waals surface area contributed by atoms with Gasteiger partial charge < -0.3 is 10.2 Å². The number of halogens is 1. The van der Waals surface area contributed by atoms with Gasteiger partial charge in [-0.25, -0.2) is 9.36 Å². The minimum atomic E-state index is 0.0949. The van der Waals surface area contributed by atoms with Crippen molar-refractivity contribution in [3.63, 3.8) is 0 Å². The van der Waals surface area contributed by atoms with Crippen LogP contribution in [0.25, 0.3) is 22.1 Å². The van der Waals surface area contributed by atoms with Crippen LogP contribution in [-0.2, 0) is 0 Å². The van der Waals surface area contributed by atoms with Crippen LogP contribution in [0.15, 0.2) is 24.4 Å². The Morgan fingerprint density at radius 3 is 2.43 bits per heavy atom. The molecule has 5 rings (SSSR count). The summed E-state index contributed by atoms with van der Waals surface area (Å²) in [6.45, 7) is 9.09. The Kier molecular flexibility index (Phi) is 3.80. The standard InChI is InChI=1S/C20H25ClN6S/c1-19(2)9-13(10-20(3,4)24-19)25(5)18-23-22-17(28-18)14-7-6-12(8-15(14)21)27-16-11-26(16)27/h6-8,11,13,24H,9-10H2,1-5H3. The molecule has 1 aromatic heterocycles. The molecule has 1 N–H and O–H groups in total. The maximum atomic E-state index is 6.56. The van der Waals surface area contributed by atoms with Crippen molar-refractivity contribution < 1.29 is 0 Å². The summed E-state index contributed by atoms with van der Waals surface area (Å²) in [6, 6.07) is 6.53. The Morgan fingerprint density at radius 1 is 1.18 bits per heavy atom. The van der Waals surface area contributed by atoms with Crippen LogP contribution < -0.4 is 10.2 Å². The van der Waals surface area contributed by atoms with Gasteiger partial charge in [0.05, 0.1) is 16.9 Å². The molecular weight excluding hydrogens is 392 g/mol. The van der Waals surface area contributed by atoms with Crippen LogP contribution in [0.3, 0.4) is 0 Å². The van der Waals surface area contributed by atoms with Crippen molar-refractivity contribution in [2.75, 3.05) is 11.9 Å². The largest absolute Gasteiger partial charge is 0.347 e. The van der Waals surface area contributed by atoms with Crippen molar-refractivity contribution >= 4 is 28.1 Å². The zero-order valence-electron chi connectivity index (χ0n) is 16.8. The van der Waals surface area contributed by atoms with E-state index in [4.69, 9.17) is 11.6 Å². The quantitative estimate of drug-likeness (QED) is 0.532. The highest BCUT2D eigenvalue weighted by molar-refractivity contribution is 7.18. The molecule has 28 heavy (non-hydrogen) atoms. The Labute approximate surface area is 174 Å². The molecule has 1 aromatic carbocycles. The van der Waals surface area contributed by atoms with Crippen molar-refractivity contribution in [2.45, 2.75) is 57.7 Å². The molecule has 0 spiro atoms. The van der Waals surface area contributed by atoms with Crippen LogP contribution in [0.4, 0.5) is 5.13 Å². The van der Waals surface area contributed by atoms with Crippen molar-refractivity contribution in [1.29, 1.82) is 0 Å². The third kappa shape index (κ3) is 3.15. The molecule has 1 fully saturated rings. The summed E-state index contributed by atoms with van der Waals surface area (Å²) < 4.78 is 4.21. The fourth-order valence-corrected chi connectivity index (χ4v) is 5.77. The number of fused-ring (bicyclic) bond motifs is 1. The first kappa shape index (κ1) is 18.2. The Bertz CT molecular complexity index is 1030. The summed E-state index contributed by atoms with van der Waals surface area (Å²) >= 11 is 8.17. The smallest absolute Gasteiger partial charge is 0.208 e. The van der Waals surface area contributed by atoms with Crippen LogP contribution in [-0.4, -0.2) is 43.7 Å². The number of hydrogen-bond donors (Lipinski definition) is 1. The first-order chi connectivity index (χ1) is 13.1. The van der Waals surface area contributed by atoms with Crippen molar-refractivity contribution in [3.05, 3.63) is 29.4 Å². The molecule has 2 aromatic rings. The average Bonchev–Trinajstić information content (AvgIpc) is 3.43. The van der Waals surface area contributed by atoms with E-state index in [2.05, 4.69) is 76.8 Å². The number of anilines is 1. The van der Waals surface area contributed by atoms with Crippen molar-refractivity contribution in [3.8, 4) is 22.1 Å². The molecule has 6 nitrogen and oxygen atoms in total. The van der Waals surface area contributed by atoms with Gasteiger partial charge in [0.1, 0.15) is 0 Å². The lowest BCUT2D eigenvalue weighted by Gasteiger charge is -2.48. The second-order valence-corrected chi connectivity index (χ2v) is 10.6. The Hall–Kier alpha value is -1.83. The SMILES string of the molecule is CN(c1nnc(-c2ccc(-n3c4cn3-4)cc2Cl)s1)C1CC(C)(C)NC(C)(C)C1. The molecule has 0 radical (unpaired) electrons. The molecule has 0 amide bonds. The van der Waals surface area contributed by atoms with E-state index in [1.807, 2.05) is 12.1 Å². The van der Waals surface area contributed by atoms with Gasteiger partial charge in [-0.3, -0.25) is 0 Å². The number of piperidine rings is 1. The second kappa shape index (κ2) is 5.84. The normalized spacial score (nSPS) is 19.8. The topological polar surface area (TPSA) is 50.9 Å². The lowest BCUT2D eigenvalue weighted by molar-refractivity contribution is 0.161. The molecule has 4 heterocycles. The van der Waals surface area contributed by atoms with Gasteiger partial charge in [-0.2, -0.15) is 0 Å². The molecule has 0 bridgehead atoms. The van der Waals surface area contributed by atoms with Crippen LogP contribution >= 0.6 is 22.9 Å². The van der Waals surface area contributed by atoms with E-state index in [0.29, 0.717) is 11.1 Å². The molecule has 0 saturated carbocycles. The number of nitrogens with one attached hydrogen (secondary N) is 1. The summed E-state index contributed by atoms with van der Waals surface area (Å²) in [4.78, 5) is 2.29. The Balaban J connectivity index is 1.38. The number of rotatable bonds is 4. The first-order valence-corrected chi connectivity index (χ1v) is 10.8. The van der Waals surface area contributed by atoms with Gasteiger partial charge in [0.15, 0.2) is 10.8 Å². The zero-order chi connectivity index (χ0) is 19.8. The zero-order valence-corrected chi connectivity index (χ0v) is 18.4. The molecule has 8 heteroatoms. The molecule has 0 atom stereocenters. The Morgan fingerprint density at radius 2 is 1.86 bits per heavy atom. The van der Waals surface area contributed by atoms with E-state index in [1.165, 1.54) is 5.82 Å². The highest BCUT2D eigenvalue weighted by Gasteiger charge is 2.40. The van der Waals surface area contributed by atoms with Crippen molar-refractivity contribution in [1.82, 2.24) is 24.9 Å². The van der Waals surface area contributed by atoms with Gasteiger partial charge >= 0.3 is 0 Å². The van der Waals surface area contributed by atoms with Crippen molar-refractivity contribution in [2.24, 2.45) is 0 Å². The van der Waals surface area contributed by atoms with Gasteiger partial charge in [0, 0.05) is 29.7 Å². The van der Waals surface area contributed by atoms with Crippen LogP contribution in [0, 0.1) is 0 Å². The van der Waals surface area contributed by atoms with E-state index in [9.17, 15) is 0 Å². The highest BCUT2D eigenvalue weighted by Crippen LogP contribution is 2.40. The monoisotopic (exact) mass is 416 g/mol. The lowest BCUT2D eigenvalue weighted by Crippen LogP contribution is -2.61. The fourth-order valence-electron chi connectivity index (χ4n) is 4.54. The van der Waals surface area contributed by atoms with Crippen LogP contribution in [0.5, 0.6) is 0 Å². The molecule has 0 aliphatic carbocycles. The van der Waals surface area contributed by atoms with E-state index < -0.39 is 0 Å². The number of nitrogens with zero attached hydrogens (tertiary/aromatic N) is 5. The third-order valence-corrected chi connectivity index (χ3v) is 7.02. The third-order valence-electron chi connectivity index (χ3n) is 5.66. The predicted molar refractivity (Wildman–Crippen MR) is 115 cm³/mol. The molecule has 0 unspecified atom stereocenters. The number of hydrogen-bond acceptors (Lipinski definition) is 5. The van der Waals surface area contributed by atoms with Gasteiger partial charge in [-0.1, -0.05) is 22.9 Å². The van der Waals surface area contributed by atoms with E-state index >= 15 is 0 Å². The maximum absolute atomic E-state index is 6.56. The molecule has 148 valence electrons. The predicted octanol–water partition coefficient (Wildman–Crippen LogP) is 4.50. The second-order valence-electron chi connectivity index (χ2n) is 9.26. The number of aromatic nitrogens is 4. The minimum Gasteiger partial charge on any atom is -0.347 e. The van der Waals surface area contributed by atoms with Gasteiger partial charge in [-0.05, 0) is 58.7 Å². The minimum absolute atomic E-state index is 0.0949. The van der Waals surface area contributed by atoms with Crippen LogP contribution in [0.2, 0.25) is 5.02 Å². The van der Waals surface area contributed by atoms with Gasteiger partial charge in [-0.15, -0.1) is 10.2 Å². The maximum Gasteiger partial charge on any atom is 0.208 e.